The van der Waals surface area contributed by atoms with Gasteiger partial charge in [-0.25, -0.2) is 0 Å². The predicted octanol–water partition coefficient (Wildman–Crippen LogP) is 4.99. The SMILES string of the molecule is O=C(N[C@H]1CN2CCC1CC2)c1cc2cccc(-c3ccc(N4CCCC4)cc3)c2s1. The molecule has 1 atom stereocenters. The van der Waals surface area contributed by atoms with Crippen LogP contribution in [0.3, 0.4) is 0 Å². The van der Waals surface area contributed by atoms with Crippen molar-refractivity contribution in [3.05, 3.63) is 53.4 Å². The lowest BCUT2D eigenvalue weighted by atomic mass is 9.84. The van der Waals surface area contributed by atoms with Gasteiger partial charge in [0.15, 0.2) is 0 Å². The number of benzene rings is 2. The number of thiophene rings is 1. The first-order valence-corrected chi connectivity index (χ1v) is 12.5. The molecule has 0 spiro atoms. The van der Waals surface area contributed by atoms with Crippen molar-refractivity contribution in [2.75, 3.05) is 37.6 Å². The maximum absolute atomic E-state index is 13.1. The van der Waals surface area contributed by atoms with Gasteiger partial charge in [-0.2, -0.15) is 0 Å². The highest BCUT2D eigenvalue weighted by Crippen LogP contribution is 2.36. The van der Waals surface area contributed by atoms with Crippen LogP contribution in [-0.4, -0.2) is 49.6 Å². The van der Waals surface area contributed by atoms with Crippen molar-refractivity contribution in [1.82, 2.24) is 10.2 Å². The van der Waals surface area contributed by atoms with Crippen LogP contribution in [0.25, 0.3) is 21.2 Å². The Hall–Kier alpha value is -2.37. The molecule has 5 heteroatoms. The van der Waals surface area contributed by atoms with E-state index in [0.717, 1.165) is 29.9 Å². The number of fused-ring (bicyclic) bond motifs is 4. The number of rotatable bonds is 4. The van der Waals surface area contributed by atoms with Crippen LogP contribution in [-0.2, 0) is 0 Å². The predicted molar refractivity (Wildman–Crippen MR) is 129 cm³/mol. The summed E-state index contributed by atoms with van der Waals surface area (Å²) in [5.41, 5.74) is 3.76. The summed E-state index contributed by atoms with van der Waals surface area (Å²) in [6.07, 6.45) is 5.02. The number of piperidine rings is 3. The fraction of sp³-hybridized carbons (Fsp3) is 0.423. The number of hydrogen-bond acceptors (Lipinski definition) is 4. The third kappa shape index (κ3) is 3.64. The van der Waals surface area contributed by atoms with E-state index in [1.165, 1.54) is 60.3 Å². The van der Waals surface area contributed by atoms with Gasteiger partial charge in [0.05, 0.1) is 4.88 Å². The van der Waals surface area contributed by atoms with Crippen molar-refractivity contribution in [3.63, 3.8) is 0 Å². The summed E-state index contributed by atoms with van der Waals surface area (Å²) in [4.78, 5) is 18.9. The fourth-order valence-electron chi connectivity index (χ4n) is 5.60. The lowest BCUT2D eigenvalue weighted by Gasteiger charge is -2.44. The molecule has 0 unspecified atom stereocenters. The van der Waals surface area contributed by atoms with Crippen molar-refractivity contribution in [1.29, 1.82) is 0 Å². The third-order valence-electron chi connectivity index (χ3n) is 7.39. The summed E-state index contributed by atoms with van der Waals surface area (Å²) in [6.45, 7) is 5.73. The van der Waals surface area contributed by atoms with E-state index in [-0.39, 0.29) is 5.91 Å². The zero-order valence-electron chi connectivity index (χ0n) is 17.8. The minimum absolute atomic E-state index is 0.0929. The molecule has 1 N–H and O–H groups in total. The highest BCUT2D eigenvalue weighted by atomic mass is 32.1. The Labute approximate surface area is 187 Å². The van der Waals surface area contributed by atoms with E-state index >= 15 is 0 Å². The van der Waals surface area contributed by atoms with Gasteiger partial charge in [0.25, 0.3) is 5.91 Å². The Morgan fingerprint density at radius 2 is 1.74 bits per heavy atom. The van der Waals surface area contributed by atoms with Crippen LogP contribution in [0.1, 0.15) is 35.4 Å². The zero-order chi connectivity index (χ0) is 20.8. The monoisotopic (exact) mass is 431 g/mol. The molecule has 0 saturated carbocycles. The molecule has 160 valence electrons. The summed E-state index contributed by atoms with van der Waals surface area (Å²) in [7, 11) is 0. The number of hydrogen-bond donors (Lipinski definition) is 1. The first-order valence-electron chi connectivity index (χ1n) is 11.7. The van der Waals surface area contributed by atoms with Crippen molar-refractivity contribution < 1.29 is 4.79 Å². The van der Waals surface area contributed by atoms with Gasteiger partial charge in [0, 0.05) is 36.1 Å². The molecule has 1 amide bonds. The van der Waals surface area contributed by atoms with Crippen molar-refractivity contribution >= 4 is 33.0 Å². The highest BCUT2D eigenvalue weighted by Gasteiger charge is 2.35. The van der Waals surface area contributed by atoms with E-state index in [2.05, 4.69) is 63.6 Å². The molecule has 7 rings (SSSR count). The van der Waals surface area contributed by atoms with E-state index in [0.29, 0.717) is 12.0 Å². The number of amides is 1. The summed E-state index contributed by atoms with van der Waals surface area (Å²) in [5.74, 6) is 0.739. The first-order chi connectivity index (χ1) is 15.2. The van der Waals surface area contributed by atoms with Gasteiger partial charge >= 0.3 is 0 Å². The number of carbonyl (C=O) groups excluding carboxylic acids is 1. The van der Waals surface area contributed by atoms with Gasteiger partial charge in [0.1, 0.15) is 0 Å². The number of carbonyl (C=O) groups is 1. The Balaban J connectivity index is 1.25. The summed E-state index contributed by atoms with van der Waals surface area (Å²) >= 11 is 1.63. The molecule has 5 heterocycles. The molecule has 4 aliphatic heterocycles. The lowest BCUT2D eigenvalue weighted by Crippen LogP contribution is -2.57. The largest absolute Gasteiger partial charge is 0.372 e. The zero-order valence-corrected chi connectivity index (χ0v) is 18.7. The van der Waals surface area contributed by atoms with E-state index in [4.69, 9.17) is 0 Å². The molecule has 4 nitrogen and oxygen atoms in total. The molecule has 0 radical (unpaired) electrons. The molecule has 3 aromatic rings. The second-order valence-corrected chi connectivity index (χ2v) is 10.3. The van der Waals surface area contributed by atoms with Crippen LogP contribution in [0.15, 0.2) is 48.5 Å². The van der Waals surface area contributed by atoms with Gasteiger partial charge in [0.2, 0.25) is 0 Å². The van der Waals surface area contributed by atoms with E-state index in [9.17, 15) is 4.79 Å². The van der Waals surface area contributed by atoms with Crippen LogP contribution in [0.5, 0.6) is 0 Å². The molecular formula is C26H29N3OS. The molecule has 0 aliphatic carbocycles. The second kappa shape index (κ2) is 7.95. The Bertz CT molecular complexity index is 1090. The van der Waals surface area contributed by atoms with Crippen molar-refractivity contribution in [3.8, 4) is 11.1 Å². The Morgan fingerprint density at radius 1 is 0.968 bits per heavy atom. The molecule has 4 aliphatic rings. The first kappa shape index (κ1) is 19.3. The van der Waals surface area contributed by atoms with Gasteiger partial charge in [-0.1, -0.05) is 30.3 Å². The fourth-order valence-corrected chi connectivity index (χ4v) is 6.70. The molecule has 31 heavy (non-hydrogen) atoms. The molecule has 4 fully saturated rings. The minimum Gasteiger partial charge on any atom is -0.372 e. The average Bonchev–Trinajstić information content (AvgIpc) is 3.50. The maximum Gasteiger partial charge on any atom is 0.261 e. The quantitative estimate of drug-likeness (QED) is 0.632. The maximum atomic E-state index is 13.1. The molecule has 2 bridgehead atoms. The smallest absolute Gasteiger partial charge is 0.261 e. The van der Waals surface area contributed by atoms with Gasteiger partial charge in [-0.15, -0.1) is 11.3 Å². The lowest BCUT2D eigenvalue weighted by molar-refractivity contribution is 0.0622. The van der Waals surface area contributed by atoms with Crippen molar-refractivity contribution in [2.45, 2.75) is 31.7 Å². The normalized spacial score (nSPS) is 25.3. The molecule has 2 aromatic carbocycles. The highest BCUT2D eigenvalue weighted by molar-refractivity contribution is 7.21. The second-order valence-electron chi connectivity index (χ2n) is 9.29. The average molecular weight is 432 g/mol. The Morgan fingerprint density at radius 3 is 2.45 bits per heavy atom. The van der Waals surface area contributed by atoms with Gasteiger partial charge in [-0.3, -0.25) is 4.79 Å². The van der Waals surface area contributed by atoms with Gasteiger partial charge in [-0.05, 0) is 79.4 Å². The minimum atomic E-state index is 0.0929. The van der Waals surface area contributed by atoms with Crippen LogP contribution in [0, 0.1) is 5.92 Å². The van der Waals surface area contributed by atoms with Crippen LogP contribution in [0.4, 0.5) is 5.69 Å². The molecule has 4 saturated heterocycles. The number of nitrogens with one attached hydrogen (secondary N) is 1. The summed E-state index contributed by atoms with van der Waals surface area (Å²) in [5, 5.41) is 4.51. The van der Waals surface area contributed by atoms with E-state index < -0.39 is 0 Å². The van der Waals surface area contributed by atoms with Crippen LogP contribution >= 0.6 is 11.3 Å². The summed E-state index contributed by atoms with van der Waals surface area (Å²) < 4.78 is 1.20. The Kier molecular flexibility index (Phi) is 4.96. The topological polar surface area (TPSA) is 35.6 Å². The summed E-state index contributed by atoms with van der Waals surface area (Å²) in [6, 6.07) is 17.7. The third-order valence-corrected chi connectivity index (χ3v) is 8.57. The van der Waals surface area contributed by atoms with Gasteiger partial charge < -0.3 is 15.1 Å². The number of anilines is 1. The van der Waals surface area contributed by atoms with Crippen molar-refractivity contribution in [2.24, 2.45) is 5.92 Å². The number of nitrogens with zero attached hydrogens (tertiary/aromatic N) is 2. The molecule has 1 aromatic heterocycles. The van der Waals surface area contributed by atoms with Crippen LogP contribution in [0.2, 0.25) is 0 Å². The standard InChI is InChI=1S/C26H29N3OS/c30-26(27-23-17-28-14-10-19(23)11-15-28)24-16-20-4-3-5-22(25(20)31-24)18-6-8-21(9-7-18)29-12-1-2-13-29/h3-9,16,19,23H,1-2,10-15,17H2,(H,27,30)/t23-/m0/s1. The van der Waals surface area contributed by atoms with E-state index in [1.807, 2.05) is 0 Å². The van der Waals surface area contributed by atoms with Crippen LogP contribution < -0.4 is 10.2 Å². The van der Waals surface area contributed by atoms with E-state index in [1.54, 1.807) is 11.3 Å². The molecular weight excluding hydrogens is 402 g/mol.